The van der Waals surface area contributed by atoms with Gasteiger partial charge >= 0.3 is 0 Å². The Morgan fingerprint density at radius 1 is 0.862 bits per heavy atom. The minimum Gasteiger partial charge on any atom is -0.457 e. The predicted molar refractivity (Wildman–Crippen MR) is 108 cm³/mol. The molecule has 1 N–H and O–H groups in total. The zero-order valence-electron chi connectivity index (χ0n) is 15.6. The van der Waals surface area contributed by atoms with Crippen LogP contribution in [-0.2, 0) is 17.8 Å². The van der Waals surface area contributed by atoms with Gasteiger partial charge < -0.3 is 14.6 Å². The lowest BCUT2D eigenvalue weighted by Gasteiger charge is -2.05. The summed E-state index contributed by atoms with van der Waals surface area (Å²) < 4.78 is 11.0. The van der Waals surface area contributed by atoms with E-state index in [4.69, 9.17) is 9.26 Å². The van der Waals surface area contributed by atoms with E-state index < -0.39 is 0 Å². The summed E-state index contributed by atoms with van der Waals surface area (Å²) in [6.07, 6.45) is 0.310. The van der Waals surface area contributed by atoms with E-state index in [0.717, 1.165) is 22.6 Å². The Balaban J connectivity index is 1.33. The first-order valence-electron chi connectivity index (χ1n) is 9.23. The highest BCUT2D eigenvalue weighted by Gasteiger charge is 2.10. The SMILES string of the molecule is O=C(Cc1ccccc1)NCc1nc(-c2ccc(Oc3ccccc3)cc2)no1. The molecule has 6 heteroatoms. The number of rotatable bonds is 7. The average Bonchev–Trinajstić information content (AvgIpc) is 3.23. The van der Waals surface area contributed by atoms with Gasteiger partial charge in [-0.3, -0.25) is 4.79 Å². The van der Waals surface area contributed by atoms with Crippen LogP contribution in [0.25, 0.3) is 11.4 Å². The van der Waals surface area contributed by atoms with Crippen molar-refractivity contribution in [3.05, 3.63) is 96.4 Å². The van der Waals surface area contributed by atoms with Gasteiger partial charge in [-0.05, 0) is 42.0 Å². The van der Waals surface area contributed by atoms with Gasteiger partial charge in [0.05, 0.1) is 13.0 Å². The van der Waals surface area contributed by atoms with Gasteiger partial charge in [-0.25, -0.2) is 0 Å². The Hall–Kier alpha value is -3.93. The number of amides is 1. The molecule has 29 heavy (non-hydrogen) atoms. The van der Waals surface area contributed by atoms with Gasteiger partial charge in [0.15, 0.2) is 0 Å². The fraction of sp³-hybridized carbons (Fsp3) is 0.0870. The molecule has 0 spiro atoms. The van der Waals surface area contributed by atoms with Gasteiger partial charge in [0.2, 0.25) is 17.6 Å². The van der Waals surface area contributed by atoms with Gasteiger partial charge in [-0.1, -0.05) is 53.7 Å². The summed E-state index contributed by atoms with van der Waals surface area (Å²) in [5, 5.41) is 6.78. The molecular weight excluding hydrogens is 366 g/mol. The van der Waals surface area contributed by atoms with Crippen LogP contribution in [0.5, 0.6) is 11.5 Å². The van der Waals surface area contributed by atoms with Gasteiger partial charge in [0.1, 0.15) is 11.5 Å². The van der Waals surface area contributed by atoms with Crippen LogP contribution in [0.15, 0.2) is 89.5 Å². The number of nitrogens with one attached hydrogen (secondary N) is 1. The lowest BCUT2D eigenvalue weighted by Crippen LogP contribution is -2.24. The van der Waals surface area contributed by atoms with Crippen molar-refractivity contribution >= 4 is 5.91 Å². The van der Waals surface area contributed by atoms with Gasteiger partial charge in [0.25, 0.3) is 0 Å². The fourth-order valence-corrected chi connectivity index (χ4v) is 2.76. The third-order valence-electron chi connectivity index (χ3n) is 4.20. The molecule has 0 aliphatic rings. The van der Waals surface area contributed by atoms with Crippen LogP contribution in [0.3, 0.4) is 0 Å². The highest BCUT2D eigenvalue weighted by molar-refractivity contribution is 5.78. The minimum absolute atomic E-state index is 0.0987. The largest absolute Gasteiger partial charge is 0.457 e. The zero-order valence-corrected chi connectivity index (χ0v) is 15.6. The smallest absolute Gasteiger partial charge is 0.246 e. The van der Waals surface area contributed by atoms with Gasteiger partial charge in [0, 0.05) is 5.56 Å². The van der Waals surface area contributed by atoms with Crippen molar-refractivity contribution in [2.75, 3.05) is 0 Å². The number of para-hydroxylation sites is 1. The molecule has 0 saturated carbocycles. The van der Waals surface area contributed by atoms with Crippen molar-refractivity contribution in [3.63, 3.8) is 0 Å². The fourth-order valence-electron chi connectivity index (χ4n) is 2.76. The molecule has 0 unspecified atom stereocenters. The molecule has 0 bridgehead atoms. The summed E-state index contributed by atoms with van der Waals surface area (Å²) in [6.45, 7) is 0.188. The van der Waals surface area contributed by atoms with Crippen LogP contribution in [0, 0.1) is 0 Å². The number of aromatic nitrogens is 2. The average molecular weight is 385 g/mol. The summed E-state index contributed by atoms with van der Waals surface area (Å²) in [5.74, 6) is 2.21. The molecule has 1 amide bonds. The molecule has 4 rings (SSSR count). The molecule has 0 aliphatic carbocycles. The van der Waals surface area contributed by atoms with E-state index in [0.29, 0.717) is 18.1 Å². The predicted octanol–water partition coefficient (Wildman–Crippen LogP) is 4.39. The molecule has 6 nitrogen and oxygen atoms in total. The molecule has 4 aromatic rings. The number of hydrogen-bond acceptors (Lipinski definition) is 5. The molecule has 1 aromatic heterocycles. The lowest BCUT2D eigenvalue weighted by molar-refractivity contribution is -0.120. The number of nitrogens with zero attached hydrogens (tertiary/aromatic N) is 2. The summed E-state index contributed by atoms with van der Waals surface area (Å²) in [6, 6.07) is 26.5. The Morgan fingerprint density at radius 3 is 2.24 bits per heavy atom. The first kappa shape index (κ1) is 18.4. The van der Waals surface area contributed by atoms with Crippen LogP contribution in [0.1, 0.15) is 11.5 Å². The number of carbonyl (C=O) groups is 1. The maximum atomic E-state index is 12.0. The van der Waals surface area contributed by atoms with Crippen molar-refractivity contribution in [2.45, 2.75) is 13.0 Å². The van der Waals surface area contributed by atoms with Crippen molar-refractivity contribution in [1.29, 1.82) is 0 Å². The molecule has 0 aliphatic heterocycles. The van der Waals surface area contributed by atoms with E-state index in [9.17, 15) is 4.79 Å². The van der Waals surface area contributed by atoms with Crippen molar-refractivity contribution in [2.24, 2.45) is 0 Å². The first-order chi connectivity index (χ1) is 14.3. The highest BCUT2D eigenvalue weighted by atomic mass is 16.5. The monoisotopic (exact) mass is 385 g/mol. The summed E-state index contributed by atoms with van der Waals surface area (Å²) in [5.41, 5.74) is 1.75. The van der Waals surface area contributed by atoms with E-state index in [1.54, 1.807) is 0 Å². The minimum atomic E-state index is -0.0987. The molecule has 0 atom stereocenters. The van der Waals surface area contributed by atoms with E-state index >= 15 is 0 Å². The lowest BCUT2D eigenvalue weighted by atomic mass is 10.1. The van der Waals surface area contributed by atoms with Gasteiger partial charge in [-0.15, -0.1) is 0 Å². The maximum absolute atomic E-state index is 12.0. The highest BCUT2D eigenvalue weighted by Crippen LogP contribution is 2.24. The molecule has 0 radical (unpaired) electrons. The summed E-state index contributed by atoms with van der Waals surface area (Å²) in [4.78, 5) is 16.4. The normalized spacial score (nSPS) is 10.5. The maximum Gasteiger partial charge on any atom is 0.246 e. The van der Waals surface area contributed by atoms with Crippen LogP contribution < -0.4 is 10.1 Å². The Kier molecular flexibility index (Phi) is 5.62. The number of ether oxygens (including phenoxy) is 1. The number of carbonyl (C=O) groups excluding carboxylic acids is 1. The second-order valence-electron chi connectivity index (χ2n) is 6.39. The molecular formula is C23H19N3O3. The Morgan fingerprint density at radius 2 is 1.52 bits per heavy atom. The molecule has 0 saturated heterocycles. The van der Waals surface area contributed by atoms with Crippen molar-refractivity contribution in [3.8, 4) is 22.9 Å². The van der Waals surface area contributed by atoms with Crippen molar-refractivity contribution < 1.29 is 14.1 Å². The van der Waals surface area contributed by atoms with Crippen molar-refractivity contribution in [1.82, 2.24) is 15.5 Å². The Labute approximate surface area is 168 Å². The van der Waals surface area contributed by atoms with Gasteiger partial charge in [-0.2, -0.15) is 4.98 Å². The standard InChI is InChI=1S/C23H19N3O3/c27-21(15-17-7-3-1-4-8-17)24-16-22-25-23(26-29-22)18-11-13-20(14-12-18)28-19-9-5-2-6-10-19/h1-14H,15-16H2,(H,24,27). The van der Waals surface area contributed by atoms with E-state index in [2.05, 4.69) is 15.5 Å². The van der Waals surface area contributed by atoms with Crippen LogP contribution in [0.2, 0.25) is 0 Å². The molecule has 144 valence electrons. The van der Waals surface area contributed by atoms with E-state index in [1.165, 1.54) is 0 Å². The topological polar surface area (TPSA) is 77.2 Å². The zero-order chi connectivity index (χ0) is 19.9. The Bertz CT molecular complexity index is 1060. The molecule has 0 fully saturated rings. The number of hydrogen-bond donors (Lipinski definition) is 1. The van der Waals surface area contributed by atoms with Crippen LogP contribution in [-0.4, -0.2) is 16.0 Å². The third kappa shape index (κ3) is 5.07. The van der Waals surface area contributed by atoms with E-state index in [-0.39, 0.29) is 12.5 Å². The van der Waals surface area contributed by atoms with Crippen LogP contribution in [0.4, 0.5) is 0 Å². The number of benzene rings is 3. The second-order valence-corrected chi connectivity index (χ2v) is 6.39. The van der Waals surface area contributed by atoms with E-state index in [1.807, 2.05) is 84.9 Å². The summed E-state index contributed by atoms with van der Waals surface area (Å²) in [7, 11) is 0. The summed E-state index contributed by atoms with van der Waals surface area (Å²) >= 11 is 0. The third-order valence-corrected chi connectivity index (χ3v) is 4.20. The molecule has 3 aromatic carbocycles. The second kappa shape index (κ2) is 8.84. The van der Waals surface area contributed by atoms with Crippen LogP contribution >= 0.6 is 0 Å². The first-order valence-corrected chi connectivity index (χ1v) is 9.23. The quantitative estimate of drug-likeness (QED) is 0.511. The molecule has 1 heterocycles.